The number of H-pyrrole nitrogens is 1. The van der Waals surface area contributed by atoms with Crippen molar-refractivity contribution >= 4 is 10.9 Å². The van der Waals surface area contributed by atoms with Crippen LogP contribution in [0.3, 0.4) is 0 Å². The van der Waals surface area contributed by atoms with Gasteiger partial charge in [0.15, 0.2) is 0 Å². The van der Waals surface area contributed by atoms with Crippen molar-refractivity contribution in [1.29, 1.82) is 5.26 Å². The van der Waals surface area contributed by atoms with Gasteiger partial charge < -0.3 is 15.0 Å². The predicted octanol–water partition coefficient (Wildman–Crippen LogP) is 3.94. The number of fused-ring (bicyclic) bond motifs is 1. The van der Waals surface area contributed by atoms with Gasteiger partial charge in [-0.2, -0.15) is 5.26 Å². The van der Waals surface area contributed by atoms with E-state index < -0.39 is 0 Å². The van der Waals surface area contributed by atoms with Crippen LogP contribution in [-0.4, -0.2) is 18.6 Å². The number of hydrogen-bond acceptors (Lipinski definition) is 3. The third kappa shape index (κ3) is 3.24. The summed E-state index contributed by atoms with van der Waals surface area (Å²) in [4.78, 5) is 3.33. The Hall–Kier alpha value is -2.77. The molecule has 3 aromatic rings. The van der Waals surface area contributed by atoms with Crippen molar-refractivity contribution in [3.8, 4) is 11.8 Å². The number of hydrogen-bond donors (Lipinski definition) is 2. The van der Waals surface area contributed by atoms with Gasteiger partial charge in [-0.25, -0.2) is 0 Å². The second-order valence-electron chi connectivity index (χ2n) is 6.70. The quantitative estimate of drug-likeness (QED) is 0.719. The van der Waals surface area contributed by atoms with Crippen molar-refractivity contribution in [3.63, 3.8) is 0 Å². The van der Waals surface area contributed by atoms with E-state index in [4.69, 9.17) is 10.00 Å². The first-order chi connectivity index (χ1) is 12.3. The summed E-state index contributed by atoms with van der Waals surface area (Å²) < 4.78 is 5.27. The number of rotatable bonds is 6. The van der Waals surface area contributed by atoms with E-state index >= 15 is 0 Å². The molecule has 0 spiro atoms. The first-order valence-electron chi connectivity index (χ1n) is 8.63. The Labute approximate surface area is 147 Å². The minimum Gasteiger partial charge on any atom is -0.497 e. The molecule has 1 fully saturated rings. The zero-order valence-corrected chi connectivity index (χ0v) is 14.3. The summed E-state index contributed by atoms with van der Waals surface area (Å²) in [7, 11) is 1.69. The first-order valence-corrected chi connectivity index (χ1v) is 8.63. The second kappa shape index (κ2) is 6.62. The molecular formula is C21H21N3O. The molecule has 1 aliphatic rings. The van der Waals surface area contributed by atoms with E-state index in [1.807, 2.05) is 30.3 Å². The van der Waals surface area contributed by atoms with Crippen LogP contribution in [0.1, 0.15) is 29.0 Å². The first kappa shape index (κ1) is 15.7. The van der Waals surface area contributed by atoms with Crippen molar-refractivity contribution in [2.24, 2.45) is 5.92 Å². The molecular weight excluding hydrogens is 310 g/mol. The van der Waals surface area contributed by atoms with E-state index in [0.29, 0.717) is 11.8 Å². The van der Waals surface area contributed by atoms with Gasteiger partial charge in [0.1, 0.15) is 5.75 Å². The normalized spacial score (nSPS) is 18.9. The zero-order chi connectivity index (χ0) is 17.2. The van der Waals surface area contributed by atoms with Gasteiger partial charge in [-0.3, -0.25) is 0 Å². The number of nitrogens with zero attached hydrogens (tertiary/aromatic N) is 1. The van der Waals surface area contributed by atoms with Gasteiger partial charge in [0.25, 0.3) is 0 Å². The number of aromatic amines is 1. The van der Waals surface area contributed by atoms with Gasteiger partial charge in [-0.1, -0.05) is 12.1 Å². The SMILES string of the molecule is COc1cccc(CNC[C@@H]2C[C@H]2c2c[nH]c3ccc(C#N)cc23)c1. The Bertz CT molecular complexity index is 938. The van der Waals surface area contributed by atoms with Crippen LogP contribution in [0, 0.1) is 17.2 Å². The molecule has 2 atom stereocenters. The largest absolute Gasteiger partial charge is 0.497 e. The molecule has 0 amide bonds. The molecule has 4 rings (SSSR count). The third-order valence-corrected chi connectivity index (χ3v) is 5.03. The Morgan fingerprint density at radius 3 is 3.04 bits per heavy atom. The molecule has 1 aliphatic carbocycles. The van der Waals surface area contributed by atoms with Crippen LogP contribution < -0.4 is 10.1 Å². The maximum Gasteiger partial charge on any atom is 0.119 e. The van der Waals surface area contributed by atoms with Gasteiger partial charge in [0, 0.05) is 23.6 Å². The molecule has 1 aromatic heterocycles. The topological polar surface area (TPSA) is 60.8 Å². The van der Waals surface area contributed by atoms with Crippen LogP contribution >= 0.6 is 0 Å². The summed E-state index contributed by atoms with van der Waals surface area (Å²) in [6.45, 7) is 1.86. The molecule has 0 bridgehead atoms. The van der Waals surface area contributed by atoms with Crippen LogP contribution in [0.25, 0.3) is 10.9 Å². The van der Waals surface area contributed by atoms with Crippen LogP contribution in [0.2, 0.25) is 0 Å². The van der Waals surface area contributed by atoms with Gasteiger partial charge >= 0.3 is 0 Å². The molecule has 1 saturated carbocycles. The van der Waals surface area contributed by atoms with E-state index in [-0.39, 0.29) is 0 Å². The van der Waals surface area contributed by atoms with E-state index in [9.17, 15) is 0 Å². The average Bonchev–Trinajstić information content (AvgIpc) is 3.29. The van der Waals surface area contributed by atoms with E-state index in [1.165, 1.54) is 22.9 Å². The number of nitrogens with one attached hydrogen (secondary N) is 2. The molecule has 2 N–H and O–H groups in total. The van der Waals surface area contributed by atoms with Gasteiger partial charge in [-0.15, -0.1) is 0 Å². The lowest BCUT2D eigenvalue weighted by atomic mass is 10.1. The van der Waals surface area contributed by atoms with E-state index in [1.54, 1.807) is 7.11 Å². The van der Waals surface area contributed by atoms with Crippen molar-refractivity contribution in [2.45, 2.75) is 18.9 Å². The van der Waals surface area contributed by atoms with E-state index in [2.05, 4.69) is 34.7 Å². The highest BCUT2D eigenvalue weighted by Crippen LogP contribution is 2.49. The smallest absolute Gasteiger partial charge is 0.119 e. The molecule has 126 valence electrons. The zero-order valence-electron chi connectivity index (χ0n) is 14.3. The maximum atomic E-state index is 9.11. The molecule has 0 aliphatic heterocycles. The lowest BCUT2D eigenvalue weighted by Gasteiger charge is -2.06. The molecule has 2 aromatic carbocycles. The van der Waals surface area contributed by atoms with Crippen LogP contribution in [0.15, 0.2) is 48.7 Å². The summed E-state index contributed by atoms with van der Waals surface area (Å²) in [5.41, 5.74) is 4.42. The molecule has 4 nitrogen and oxygen atoms in total. The van der Waals surface area contributed by atoms with Gasteiger partial charge in [0.05, 0.1) is 18.7 Å². The number of nitriles is 1. The Kier molecular flexibility index (Phi) is 4.17. The highest BCUT2D eigenvalue weighted by molar-refractivity contribution is 5.85. The van der Waals surface area contributed by atoms with Crippen molar-refractivity contribution < 1.29 is 4.74 Å². The molecule has 0 unspecified atom stereocenters. The van der Waals surface area contributed by atoms with Crippen molar-refractivity contribution in [1.82, 2.24) is 10.3 Å². The van der Waals surface area contributed by atoms with Gasteiger partial charge in [0.2, 0.25) is 0 Å². The summed E-state index contributed by atoms with van der Waals surface area (Å²) in [6.07, 6.45) is 3.31. The van der Waals surface area contributed by atoms with Crippen LogP contribution in [-0.2, 0) is 6.54 Å². The Balaban J connectivity index is 1.37. The summed E-state index contributed by atoms with van der Waals surface area (Å²) >= 11 is 0. The highest BCUT2D eigenvalue weighted by Gasteiger charge is 2.39. The number of aromatic nitrogens is 1. The average molecular weight is 331 g/mol. The summed E-state index contributed by atoms with van der Waals surface area (Å²) in [5, 5.41) is 13.9. The highest BCUT2D eigenvalue weighted by atomic mass is 16.5. The predicted molar refractivity (Wildman–Crippen MR) is 98.6 cm³/mol. The van der Waals surface area contributed by atoms with Crippen molar-refractivity contribution in [3.05, 3.63) is 65.4 Å². The van der Waals surface area contributed by atoms with Crippen LogP contribution in [0.4, 0.5) is 0 Å². The number of ether oxygens (including phenoxy) is 1. The summed E-state index contributed by atoms with van der Waals surface area (Å²) in [5.74, 6) is 2.14. The third-order valence-electron chi connectivity index (χ3n) is 5.03. The Morgan fingerprint density at radius 2 is 2.20 bits per heavy atom. The summed E-state index contributed by atoms with van der Waals surface area (Å²) in [6, 6.07) is 16.3. The molecule has 25 heavy (non-hydrogen) atoms. The fourth-order valence-corrected chi connectivity index (χ4v) is 3.56. The molecule has 4 heteroatoms. The Morgan fingerprint density at radius 1 is 1.28 bits per heavy atom. The van der Waals surface area contributed by atoms with Crippen LogP contribution in [0.5, 0.6) is 5.75 Å². The number of benzene rings is 2. The molecule has 1 heterocycles. The second-order valence-corrected chi connectivity index (χ2v) is 6.70. The minimum atomic E-state index is 0.584. The molecule has 0 saturated heterocycles. The number of methoxy groups -OCH3 is 1. The monoisotopic (exact) mass is 331 g/mol. The van der Waals surface area contributed by atoms with E-state index in [0.717, 1.165) is 29.9 Å². The maximum absolute atomic E-state index is 9.11. The fourth-order valence-electron chi connectivity index (χ4n) is 3.56. The lowest BCUT2D eigenvalue weighted by molar-refractivity contribution is 0.414. The lowest BCUT2D eigenvalue weighted by Crippen LogP contribution is -2.16. The minimum absolute atomic E-state index is 0.584. The standard InChI is InChI=1S/C21H21N3O/c1-25-17-4-2-3-15(7-17)11-23-12-16-9-18(16)20-13-24-21-6-5-14(10-22)8-19(20)21/h2-8,13,16,18,23-24H,9,11-12H2,1H3/t16-,18+/m0/s1. The van der Waals surface area contributed by atoms with Crippen molar-refractivity contribution in [2.75, 3.05) is 13.7 Å². The molecule has 0 radical (unpaired) electrons. The fraction of sp³-hybridized carbons (Fsp3) is 0.286. The van der Waals surface area contributed by atoms with Gasteiger partial charge in [-0.05, 0) is 66.3 Å².